The van der Waals surface area contributed by atoms with E-state index in [1.165, 1.54) is 13.8 Å². The quantitative estimate of drug-likeness (QED) is 0.114. The number of carbonyl (C=O) groups is 5. The van der Waals surface area contributed by atoms with Gasteiger partial charge in [-0.3, -0.25) is 19.2 Å². The summed E-state index contributed by atoms with van der Waals surface area (Å²) in [5.41, 5.74) is -3.25. The van der Waals surface area contributed by atoms with Gasteiger partial charge in [0.1, 0.15) is 50.5 Å². The molecule has 0 N–H and O–H groups in total. The van der Waals surface area contributed by atoms with Gasteiger partial charge in [0, 0.05) is 11.8 Å². The van der Waals surface area contributed by atoms with Gasteiger partial charge >= 0.3 is 30.0 Å². The van der Waals surface area contributed by atoms with Gasteiger partial charge in [-0.15, -0.1) is 0 Å². The minimum Gasteiger partial charge on any atom is -0.465 e. The Labute approximate surface area is 260 Å². The molecule has 11 nitrogen and oxygen atoms in total. The van der Waals surface area contributed by atoms with Crippen LogP contribution in [-0.2, 0) is 47.6 Å². The van der Waals surface area contributed by atoms with Gasteiger partial charge in [-0.05, 0) is 46.1 Å². The smallest absolute Gasteiger partial charge is 0.465 e. The lowest BCUT2D eigenvalue weighted by molar-refractivity contribution is -0.170. The van der Waals surface area contributed by atoms with Crippen LogP contribution in [-0.4, -0.2) is 76.3 Å². The Hall–Kier alpha value is -3.22. The highest BCUT2D eigenvalue weighted by atomic mass is 79.9. The molecular weight excluding hydrogens is 635 g/mol. The third-order valence-corrected chi connectivity index (χ3v) is 7.12. The predicted octanol–water partition coefficient (Wildman–Crippen LogP) is 5.28. The Balaban J connectivity index is 2.90. The van der Waals surface area contributed by atoms with Crippen molar-refractivity contribution in [3.05, 3.63) is 35.9 Å². The van der Waals surface area contributed by atoms with E-state index in [1.54, 1.807) is 20.8 Å². The second kappa shape index (κ2) is 17.8. The van der Waals surface area contributed by atoms with Crippen molar-refractivity contribution in [2.24, 2.45) is 16.2 Å². The molecule has 0 aliphatic rings. The van der Waals surface area contributed by atoms with Crippen LogP contribution in [0.3, 0.4) is 0 Å². The minimum absolute atomic E-state index is 0.108. The maximum absolute atomic E-state index is 13.0. The molecule has 1 aromatic rings. The van der Waals surface area contributed by atoms with Gasteiger partial charge in [0.15, 0.2) is 0 Å². The van der Waals surface area contributed by atoms with Gasteiger partial charge in [0.05, 0.1) is 12.0 Å². The standard InChI is InChI=1S/C30H42BrFO11/c1-7-14-38-25(35)29(5,17-40-21(2)33)19-42-27(37)43-20-30(6,26(36)39-15-13-32)18-41-24(34)28(3,4)16-23(31)22-11-9-8-10-12-22/h8-12,23H,7,13-20H2,1-6H3. The highest BCUT2D eigenvalue weighted by molar-refractivity contribution is 9.09. The molecule has 43 heavy (non-hydrogen) atoms. The maximum atomic E-state index is 13.0. The van der Waals surface area contributed by atoms with E-state index in [9.17, 15) is 28.4 Å². The van der Waals surface area contributed by atoms with Gasteiger partial charge in [0.25, 0.3) is 0 Å². The van der Waals surface area contributed by atoms with Crippen molar-refractivity contribution in [1.29, 1.82) is 0 Å². The second-order valence-corrected chi connectivity index (χ2v) is 12.3. The average Bonchev–Trinajstić information content (AvgIpc) is 2.98. The van der Waals surface area contributed by atoms with Crippen LogP contribution >= 0.6 is 15.9 Å². The van der Waals surface area contributed by atoms with E-state index < -0.39 is 86.0 Å². The number of benzene rings is 1. The Bertz CT molecular complexity index is 1080. The first-order valence-electron chi connectivity index (χ1n) is 13.8. The third kappa shape index (κ3) is 12.9. The Morgan fingerprint density at radius 3 is 1.72 bits per heavy atom. The molecule has 0 aromatic heterocycles. The minimum atomic E-state index is -1.71. The molecule has 0 aliphatic carbocycles. The summed E-state index contributed by atoms with van der Waals surface area (Å²) >= 11 is 3.60. The maximum Gasteiger partial charge on any atom is 0.508 e. The van der Waals surface area contributed by atoms with Crippen molar-refractivity contribution in [2.45, 2.75) is 59.2 Å². The number of rotatable bonds is 18. The van der Waals surface area contributed by atoms with Crippen LogP contribution in [0.1, 0.15) is 64.8 Å². The van der Waals surface area contributed by atoms with Crippen molar-refractivity contribution >= 4 is 46.0 Å². The van der Waals surface area contributed by atoms with Gasteiger partial charge in [-0.1, -0.05) is 53.2 Å². The zero-order chi connectivity index (χ0) is 32.7. The van der Waals surface area contributed by atoms with Crippen LogP contribution in [0.4, 0.5) is 9.18 Å². The number of alkyl halides is 2. The topological polar surface area (TPSA) is 141 Å². The van der Waals surface area contributed by atoms with E-state index in [0.717, 1.165) is 12.5 Å². The average molecular weight is 678 g/mol. The van der Waals surface area contributed by atoms with Crippen molar-refractivity contribution in [3.63, 3.8) is 0 Å². The normalized spacial score (nSPS) is 14.7. The molecule has 1 aromatic carbocycles. The molecule has 0 fully saturated rings. The van der Waals surface area contributed by atoms with Gasteiger partial charge in [-0.25, -0.2) is 9.18 Å². The molecule has 0 saturated heterocycles. The molecule has 0 bridgehead atoms. The van der Waals surface area contributed by atoms with Gasteiger partial charge in [0.2, 0.25) is 0 Å². The Kier molecular flexibility index (Phi) is 15.6. The molecule has 0 amide bonds. The van der Waals surface area contributed by atoms with Crippen LogP contribution < -0.4 is 0 Å². The summed E-state index contributed by atoms with van der Waals surface area (Å²) in [5, 5.41) is 0. The molecule has 0 saturated carbocycles. The molecule has 242 valence electrons. The lowest BCUT2D eigenvalue weighted by atomic mass is 9.86. The highest BCUT2D eigenvalue weighted by Gasteiger charge is 2.42. The van der Waals surface area contributed by atoms with Crippen molar-refractivity contribution in [2.75, 3.05) is 46.3 Å². The zero-order valence-electron chi connectivity index (χ0n) is 25.6. The van der Waals surface area contributed by atoms with Crippen molar-refractivity contribution in [3.8, 4) is 0 Å². The summed E-state index contributed by atoms with van der Waals surface area (Å²) < 4.78 is 43.4. The van der Waals surface area contributed by atoms with E-state index in [2.05, 4.69) is 15.9 Å². The summed E-state index contributed by atoms with van der Waals surface area (Å²) in [7, 11) is 0. The number of halogens is 2. The summed E-state index contributed by atoms with van der Waals surface area (Å²) in [5.74, 6) is -2.99. The van der Waals surface area contributed by atoms with E-state index in [4.69, 9.17) is 28.4 Å². The second-order valence-electron chi connectivity index (χ2n) is 11.2. The predicted molar refractivity (Wildman–Crippen MR) is 156 cm³/mol. The van der Waals surface area contributed by atoms with E-state index in [-0.39, 0.29) is 11.4 Å². The number of esters is 4. The number of carbonyl (C=O) groups excluding carboxylic acids is 5. The summed E-state index contributed by atoms with van der Waals surface area (Å²) in [6, 6.07) is 9.48. The van der Waals surface area contributed by atoms with Crippen LogP contribution in [0, 0.1) is 16.2 Å². The first-order chi connectivity index (χ1) is 20.1. The van der Waals surface area contributed by atoms with E-state index in [0.29, 0.717) is 12.8 Å². The first kappa shape index (κ1) is 37.8. The molecule has 0 radical (unpaired) electrons. The van der Waals surface area contributed by atoms with E-state index >= 15 is 0 Å². The largest absolute Gasteiger partial charge is 0.508 e. The number of hydrogen-bond donors (Lipinski definition) is 0. The monoisotopic (exact) mass is 676 g/mol. The molecule has 3 atom stereocenters. The molecule has 0 heterocycles. The molecule has 0 spiro atoms. The fraction of sp³-hybridized carbons (Fsp3) is 0.633. The molecule has 3 unspecified atom stereocenters. The van der Waals surface area contributed by atoms with Gasteiger partial charge in [-0.2, -0.15) is 0 Å². The molecule has 1 rings (SSSR count). The van der Waals surface area contributed by atoms with Crippen molar-refractivity contribution in [1.82, 2.24) is 0 Å². The van der Waals surface area contributed by atoms with E-state index in [1.807, 2.05) is 30.3 Å². The SMILES string of the molecule is CCCOC(=O)C(C)(COC(C)=O)COC(=O)OCC(C)(COC(=O)C(C)(C)CC(Br)c1ccccc1)C(=O)OCCF. The first-order valence-corrected chi connectivity index (χ1v) is 14.7. The number of ether oxygens (including phenoxy) is 6. The van der Waals surface area contributed by atoms with Gasteiger partial charge < -0.3 is 28.4 Å². The van der Waals surface area contributed by atoms with Crippen LogP contribution in [0.15, 0.2) is 30.3 Å². The Morgan fingerprint density at radius 1 is 0.744 bits per heavy atom. The summed E-state index contributed by atoms with van der Waals surface area (Å²) in [6.07, 6.45) is -0.353. The zero-order valence-corrected chi connectivity index (χ0v) is 27.2. The third-order valence-electron chi connectivity index (χ3n) is 6.27. The fourth-order valence-corrected chi connectivity index (χ4v) is 4.58. The van der Waals surface area contributed by atoms with Crippen LogP contribution in [0.25, 0.3) is 0 Å². The molecule has 0 aliphatic heterocycles. The van der Waals surface area contributed by atoms with Crippen LogP contribution in [0.5, 0.6) is 0 Å². The lowest BCUT2D eigenvalue weighted by Crippen LogP contribution is -2.43. The Morgan fingerprint density at radius 2 is 1.23 bits per heavy atom. The molecule has 13 heteroatoms. The van der Waals surface area contributed by atoms with Crippen LogP contribution in [0.2, 0.25) is 0 Å². The van der Waals surface area contributed by atoms with Crippen molar-refractivity contribution < 1.29 is 56.8 Å². The highest BCUT2D eigenvalue weighted by Crippen LogP contribution is 2.37. The fourth-order valence-electron chi connectivity index (χ4n) is 3.46. The molecular formula is C30H42BrFO11. The lowest BCUT2D eigenvalue weighted by Gasteiger charge is -2.30. The number of hydrogen-bond acceptors (Lipinski definition) is 11. The summed E-state index contributed by atoms with van der Waals surface area (Å²) in [6.45, 7) is 5.48. The summed E-state index contributed by atoms with van der Waals surface area (Å²) in [4.78, 5) is 62.0.